The summed E-state index contributed by atoms with van der Waals surface area (Å²) in [5.41, 5.74) is 1.06. The lowest BCUT2D eigenvalue weighted by molar-refractivity contribution is 0.143. The number of benzene rings is 1. The lowest BCUT2D eigenvalue weighted by Gasteiger charge is -2.39. The molecule has 1 aromatic rings. The average molecular weight is 261 g/mol. The van der Waals surface area contributed by atoms with Gasteiger partial charge in [-0.1, -0.05) is 37.8 Å². The molecule has 1 nitrogen and oxygen atoms in total. The average Bonchev–Trinajstić information content (AvgIpc) is 2.45. The molecule has 1 N–H and O–H groups in total. The van der Waals surface area contributed by atoms with Gasteiger partial charge in [-0.2, -0.15) is 0 Å². The van der Waals surface area contributed by atoms with Gasteiger partial charge in [-0.25, -0.2) is 4.39 Å². The van der Waals surface area contributed by atoms with Crippen molar-refractivity contribution in [3.8, 4) is 0 Å². The van der Waals surface area contributed by atoms with Gasteiger partial charge in [0, 0.05) is 12.6 Å². The Labute approximate surface area is 115 Å². The van der Waals surface area contributed by atoms with Gasteiger partial charge in [0.15, 0.2) is 0 Å². The van der Waals surface area contributed by atoms with Gasteiger partial charge in [-0.15, -0.1) is 0 Å². The maximum Gasteiger partial charge on any atom is 0.123 e. The molecule has 0 bridgehead atoms. The molecule has 0 radical (unpaired) electrons. The number of hydrogen-bond acceptors (Lipinski definition) is 1. The van der Waals surface area contributed by atoms with E-state index in [1.54, 1.807) is 12.1 Å². The SMILES string of the molecule is Fc1cccc(CNC2CCC3CCCCC3C2)c1. The number of halogens is 1. The first kappa shape index (κ1) is 13.1. The van der Waals surface area contributed by atoms with Crippen molar-refractivity contribution in [2.24, 2.45) is 11.8 Å². The molecule has 0 saturated heterocycles. The third-order valence-corrected chi connectivity index (χ3v) is 5.02. The smallest absolute Gasteiger partial charge is 0.123 e. The minimum Gasteiger partial charge on any atom is -0.310 e. The Morgan fingerprint density at radius 3 is 2.74 bits per heavy atom. The zero-order chi connectivity index (χ0) is 13.1. The minimum absolute atomic E-state index is 0.129. The summed E-state index contributed by atoms with van der Waals surface area (Å²) >= 11 is 0. The fraction of sp³-hybridized carbons (Fsp3) is 0.647. The zero-order valence-electron chi connectivity index (χ0n) is 11.6. The second-order valence-corrected chi connectivity index (χ2v) is 6.33. The summed E-state index contributed by atoms with van der Waals surface area (Å²) in [6.07, 6.45) is 9.80. The third-order valence-electron chi connectivity index (χ3n) is 5.02. The van der Waals surface area contributed by atoms with Crippen LogP contribution in [-0.2, 0) is 6.54 Å². The first-order chi connectivity index (χ1) is 9.31. The van der Waals surface area contributed by atoms with Crippen molar-refractivity contribution in [3.05, 3.63) is 35.6 Å². The molecule has 2 heteroatoms. The quantitative estimate of drug-likeness (QED) is 0.856. The van der Waals surface area contributed by atoms with Crippen molar-refractivity contribution in [1.29, 1.82) is 0 Å². The van der Waals surface area contributed by atoms with Crippen LogP contribution < -0.4 is 5.32 Å². The van der Waals surface area contributed by atoms with Gasteiger partial charge in [0.2, 0.25) is 0 Å². The van der Waals surface area contributed by atoms with E-state index in [9.17, 15) is 4.39 Å². The van der Waals surface area contributed by atoms with Gasteiger partial charge in [0.25, 0.3) is 0 Å². The Kier molecular flexibility index (Phi) is 4.17. The van der Waals surface area contributed by atoms with Crippen LogP contribution in [0.2, 0.25) is 0 Å². The monoisotopic (exact) mass is 261 g/mol. The maximum absolute atomic E-state index is 13.1. The van der Waals surface area contributed by atoms with Crippen LogP contribution >= 0.6 is 0 Å². The minimum atomic E-state index is -0.129. The van der Waals surface area contributed by atoms with Crippen LogP contribution in [0.1, 0.15) is 50.5 Å². The summed E-state index contributed by atoms with van der Waals surface area (Å²) in [5.74, 6) is 1.82. The van der Waals surface area contributed by atoms with E-state index in [0.29, 0.717) is 6.04 Å². The van der Waals surface area contributed by atoms with Crippen LogP contribution in [0.25, 0.3) is 0 Å². The molecule has 2 fully saturated rings. The van der Waals surface area contributed by atoms with E-state index in [0.717, 1.165) is 23.9 Å². The Morgan fingerprint density at radius 1 is 1.05 bits per heavy atom. The highest BCUT2D eigenvalue weighted by Crippen LogP contribution is 2.40. The molecular formula is C17H24FN. The number of hydrogen-bond donors (Lipinski definition) is 1. The molecular weight excluding hydrogens is 237 g/mol. The van der Waals surface area contributed by atoms with Crippen LogP contribution in [0.5, 0.6) is 0 Å². The highest BCUT2D eigenvalue weighted by Gasteiger charge is 2.31. The van der Waals surface area contributed by atoms with Gasteiger partial charge >= 0.3 is 0 Å². The normalized spacial score (nSPS) is 30.9. The van der Waals surface area contributed by atoms with Crippen molar-refractivity contribution in [1.82, 2.24) is 5.32 Å². The molecule has 0 spiro atoms. The molecule has 2 aliphatic rings. The van der Waals surface area contributed by atoms with E-state index in [1.165, 1.54) is 51.0 Å². The van der Waals surface area contributed by atoms with Crippen molar-refractivity contribution >= 4 is 0 Å². The summed E-state index contributed by atoms with van der Waals surface area (Å²) in [4.78, 5) is 0. The number of fused-ring (bicyclic) bond motifs is 1. The number of nitrogens with one attached hydrogen (secondary N) is 1. The molecule has 0 amide bonds. The Morgan fingerprint density at radius 2 is 1.89 bits per heavy atom. The van der Waals surface area contributed by atoms with Gasteiger partial charge in [-0.05, 0) is 48.8 Å². The second-order valence-electron chi connectivity index (χ2n) is 6.33. The molecule has 0 aliphatic heterocycles. The fourth-order valence-corrected chi connectivity index (χ4v) is 3.97. The van der Waals surface area contributed by atoms with Crippen LogP contribution in [-0.4, -0.2) is 6.04 Å². The van der Waals surface area contributed by atoms with Crippen molar-refractivity contribution in [2.45, 2.75) is 57.5 Å². The summed E-state index contributed by atoms with van der Waals surface area (Å²) < 4.78 is 13.1. The van der Waals surface area contributed by atoms with Crippen molar-refractivity contribution < 1.29 is 4.39 Å². The Balaban J connectivity index is 1.51. The van der Waals surface area contributed by atoms with Crippen LogP contribution in [0.15, 0.2) is 24.3 Å². The molecule has 0 heterocycles. The summed E-state index contributed by atoms with van der Waals surface area (Å²) in [7, 11) is 0. The van der Waals surface area contributed by atoms with Crippen LogP contribution in [0.3, 0.4) is 0 Å². The second kappa shape index (κ2) is 6.04. The molecule has 3 atom stereocenters. The Hall–Kier alpha value is -0.890. The summed E-state index contributed by atoms with van der Waals surface area (Å²) in [5, 5.41) is 3.63. The fourth-order valence-electron chi connectivity index (χ4n) is 3.97. The van der Waals surface area contributed by atoms with E-state index < -0.39 is 0 Å². The topological polar surface area (TPSA) is 12.0 Å². The molecule has 0 aromatic heterocycles. The third kappa shape index (κ3) is 3.36. The highest BCUT2D eigenvalue weighted by atomic mass is 19.1. The van der Waals surface area contributed by atoms with Crippen molar-refractivity contribution in [2.75, 3.05) is 0 Å². The maximum atomic E-state index is 13.1. The van der Waals surface area contributed by atoms with E-state index in [4.69, 9.17) is 0 Å². The van der Waals surface area contributed by atoms with Gasteiger partial charge in [0.1, 0.15) is 5.82 Å². The van der Waals surface area contributed by atoms with E-state index in [1.807, 2.05) is 6.07 Å². The van der Waals surface area contributed by atoms with E-state index >= 15 is 0 Å². The standard InChI is InChI=1S/C17H24FN/c18-16-7-3-4-13(10-16)12-19-17-9-8-14-5-1-2-6-15(14)11-17/h3-4,7,10,14-15,17,19H,1-2,5-6,8-9,11-12H2. The highest BCUT2D eigenvalue weighted by molar-refractivity contribution is 5.16. The van der Waals surface area contributed by atoms with Crippen LogP contribution in [0.4, 0.5) is 4.39 Å². The van der Waals surface area contributed by atoms with Crippen LogP contribution in [0, 0.1) is 17.7 Å². The summed E-state index contributed by atoms with van der Waals surface area (Å²) in [6, 6.07) is 7.59. The van der Waals surface area contributed by atoms with Gasteiger partial charge < -0.3 is 5.32 Å². The van der Waals surface area contributed by atoms with E-state index in [2.05, 4.69) is 5.32 Å². The molecule has 2 saturated carbocycles. The molecule has 3 unspecified atom stereocenters. The van der Waals surface area contributed by atoms with Gasteiger partial charge in [0.05, 0.1) is 0 Å². The van der Waals surface area contributed by atoms with E-state index in [-0.39, 0.29) is 5.82 Å². The first-order valence-electron chi connectivity index (χ1n) is 7.79. The molecule has 3 rings (SSSR count). The predicted molar refractivity (Wildman–Crippen MR) is 76.3 cm³/mol. The molecule has 104 valence electrons. The van der Waals surface area contributed by atoms with Gasteiger partial charge in [-0.3, -0.25) is 0 Å². The molecule has 1 aromatic carbocycles. The predicted octanol–water partition coefficient (Wildman–Crippen LogP) is 4.27. The first-order valence-corrected chi connectivity index (χ1v) is 7.79. The zero-order valence-corrected chi connectivity index (χ0v) is 11.6. The summed E-state index contributed by atoms with van der Waals surface area (Å²) in [6.45, 7) is 0.805. The lowest BCUT2D eigenvalue weighted by Crippen LogP contribution is -2.38. The molecule has 19 heavy (non-hydrogen) atoms. The lowest BCUT2D eigenvalue weighted by atomic mass is 9.69. The Bertz CT molecular complexity index is 417. The number of rotatable bonds is 3. The van der Waals surface area contributed by atoms with Crippen molar-refractivity contribution in [3.63, 3.8) is 0 Å². The molecule has 2 aliphatic carbocycles. The largest absolute Gasteiger partial charge is 0.310 e.